The Kier molecular flexibility index (Phi) is 4.73. The van der Waals surface area contributed by atoms with E-state index in [1.54, 1.807) is 0 Å². The van der Waals surface area contributed by atoms with E-state index in [0.29, 0.717) is 29.8 Å². The maximum atomic E-state index is 12.5. The molecule has 0 unspecified atom stereocenters. The third kappa shape index (κ3) is 3.88. The maximum absolute atomic E-state index is 12.5. The van der Waals surface area contributed by atoms with Crippen molar-refractivity contribution in [1.29, 1.82) is 0 Å². The fourth-order valence-corrected chi connectivity index (χ4v) is 3.73. The second-order valence-electron chi connectivity index (χ2n) is 6.30. The quantitative estimate of drug-likeness (QED) is 0.845. The van der Waals surface area contributed by atoms with Gasteiger partial charge >= 0.3 is 0 Å². The summed E-state index contributed by atoms with van der Waals surface area (Å²) in [6.45, 7) is 3.31. The second-order valence-corrected chi connectivity index (χ2v) is 7.98. The first-order valence-electron chi connectivity index (χ1n) is 8.04. The average molecular weight is 374 g/mol. The van der Waals surface area contributed by atoms with Crippen molar-refractivity contribution in [3.63, 3.8) is 0 Å². The highest BCUT2D eigenvalue weighted by Crippen LogP contribution is 2.24. The molecule has 1 atom stereocenters. The molecule has 3 rings (SSSR count). The van der Waals surface area contributed by atoms with Crippen molar-refractivity contribution in [2.45, 2.75) is 31.6 Å². The molecule has 0 fully saturated rings. The Hall–Kier alpha value is -2.81. The summed E-state index contributed by atoms with van der Waals surface area (Å²) < 4.78 is 27.3. The van der Waals surface area contributed by atoms with Gasteiger partial charge in [0.25, 0.3) is 10.0 Å². The molecular weight excluding hydrogens is 356 g/mol. The van der Waals surface area contributed by atoms with Crippen molar-refractivity contribution in [3.05, 3.63) is 41.7 Å². The summed E-state index contributed by atoms with van der Waals surface area (Å²) in [5.74, 6) is -0.182. The molecule has 1 aromatic carbocycles. The predicted molar refractivity (Wildman–Crippen MR) is 95.4 cm³/mol. The van der Waals surface area contributed by atoms with Gasteiger partial charge in [-0.25, -0.2) is 23.1 Å². The Bertz CT molecular complexity index is 971. The molecule has 26 heavy (non-hydrogen) atoms. The maximum Gasteiger partial charge on any atom is 0.264 e. The fourth-order valence-electron chi connectivity index (χ4n) is 2.78. The number of carbonyl (C=O) groups excluding carboxylic acids is 2. The number of amides is 1. The molecule has 0 bridgehead atoms. The van der Waals surface area contributed by atoms with E-state index < -0.39 is 10.0 Å². The molecular formula is C17H18N4O4S. The largest absolute Gasteiger partial charge is 0.326 e. The van der Waals surface area contributed by atoms with Crippen molar-refractivity contribution >= 4 is 33.3 Å². The lowest BCUT2D eigenvalue weighted by atomic mass is 9.88. The number of carbonyl (C=O) groups is 2. The molecule has 0 saturated heterocycles. The zero-order valence-electron chi connectivity index (χ0n) is 14.3. The number of Topliss-reactive ketones (excluding diaryl/α,β-unsaturated/α-hetero) is 1. The lowest BCUT2D eigenvalue weighted by Gasteiger charge is -2.19. The molecule has 1 aromatic heterocycles. The summed E-state index contributed by atoms with van der Waals surface area (Å²) in [5, 5.41) is 2.56. The summed E-state index contributed by atoms with van der Waals surface area (Å²) in [4.78, 5) is 31.2. The number of nitrogens with zero attached hydrogens (tertiary/aromatic N) is 2. The number of nitrogens with one attached hydrogen (secondary N) is 2. The van der Waals surface area contributed by atoms with Crippen molar-refractivity contribution in [2.24, 2.45) is 5.92 Å². The van der Waals surface area contributed by atoms with E-state index in [9.17, 15) is 18.0 Å². The van der Waals surface area contributed by atoms with Crippen LogP contribution in [0.2, 0.25) is 0 Å². The van der Waals surface area contributed by atoms with E-state index in [2.05, 4.69) is 20.0 Å². The molecule has 0 spiro atoms. The average Bonchev–Trinajstić information content (AvgIpc) is 2.53. The van der Waals surface area contributed by atoms with Gasteiger partial charge in [0.1, 0.15) is 0 Å². The number of aromatic nitrogens is 2. The molecule has 136 valence electrons. The van der Waals surface area contributed by atoms with Crippen LogP contribution in [0.3, 0.4) is 0 Å². The molecule has 1 aliphatic carbocycles. The number of benzene rings is 1. The van der Waals surface area contributed by atoms with Crippen molar-refractivity contribution in [3.8, 4) is 0 Å². The molecule has 0 saturated carbocycles. The molecule has 0 aliphatic heterocycles. The van der Waals surface area contributed by atoms with Gasteiger partial charge in [0.15, 0.2) is 5.78 Å². The molecule has 1 aliphatic rings. The Morgan fingerprint density at radius 2 is 1.88 bits per heavy atom. The Balaban J connectivity index is 1.82. The van der Waals surface area contributed by atoms with Crippen LogP contribution in [0.4, 0.5) is 11.6 Å². The molecule has 1 amide bonds. The van der Waals surface area contributed by atoms with Gasteiger partial charge in [-0.05, 0) is 36.6 Å². The third-order valence-electron chi connectivity index (χ3n) is 3.95. The van der Waals surface area contributed by atoms with Gasteiger partial charge in [-0.1, -0.05) is 6.92 Å². The van der Waals surface area contributed by atoms with Gasteiger partial charge in [-0.2, -0.15) is 0 Å². The van der Waals surface area contributed by atoms with Crippen LogP contribution in [0.5, 0.6) is 0 Å². The molecule has 9 heteroatoms. The smallest absolute Gasteiger partial charge is 0.264 e. The zero-order valence-corrected chi connectivity index (χ0v) is 15.1. The summed E-state index contributed by atoms with van der Waals surface area (Å²) >= 11 is 0. The minimum Gasteiger partial charge on any atom is -0.326 e. The van der Waals surface area contributed by atoms with E-state index in [-0.39, 0.29) is 28.5 Å². The summed E-state index contributed by atoms with van der Waals surface area (Å²) in [6, 6.07) is 5.73. The first-order valence-corrected chi connectivity index (χ1v) is 9.52. The van der Waals surface area contributed by atoms with Crippen LogP contribution in [0.1, 0.15) is 36.3 Å². The summed E-state index contributed by atoms with van der Waals surface area (Å²) in [7, 11) is -3.88. The Labute approximate surface area is 151 Å². The lowest BCUT2D eigenvalue weighted by Crippen LogP contribution is -2.22. The van der Waals surface area contributed by atoms with Crippen LogP contribution >= 0.6 is 0 Å². The first-order chi connectivity index (χ1) is 12.2. The number of rotatable bonds is 4. The van der Waals surface area contributed by atoms with E-state index in [1.807, 2.05) is 6.92 Å². The Morgan fingerprint density at radius 1 is 1.19 bits per heavy atom. The normalized spacial score (nSPS) is 16.7. The van der Waals surface area contributed by atoms with Crippen molar-refractivity contribution < 1.29 is 18.0 Å². The molecule has 2 N–H and O–H groups in total. The van der Waals surface area contributed by atoms with Crippen LogP contribution in [-0.4, -0.2) is 30.1 Å². The monoisotopic (exact) mass is 374 g/mol. The van der Waals surface area contributed by atoms with Gasteiger partial charge in [0.2, 0.25) is 11.9 Å². The zero-order chi connectivity index (χ0) is 18.9. The van der Waals surface area contributed by atoms with E-state index >= 15 is 0 Å². The third-order valence-corrected chi connectivity index (χ3v) is 5.30. The summed E-state index contributed by atoms with van der Waals surface area (Å²) in [6.07, 6.45) is 2.42. The number of fused-ring (bicyclic) bond motifs is 1. The highest BCUT2D eigenvalue weighted by Gasteiger charge is 2.25. The van der Waals surface area contributed by atoms with Gasteiger partial charge in [-0.3, -0.25) is 9.59 Å². The minimum atomic E-state index is -3.88. The predicted octanol–water partition coefficient (Wildman–Crippen LogP) is 2.00. The molecule has 1 heterocycles. The highest BCUT2D eigenvalue weighted by atomic mass is 32.2. The van der Waals surface area contributed by atoms with Crippen LogP contribution in [0.25, 0.3) is 0 Å². The minimum absolute atomic E-state index is 0.0115. The first kappa shape index (κ1) is 18.0. The van der Waals surface area contributed by atoms with Crippen molar-refractivity contribution in [1.82, 2.24) is 9.97 Å². The van der Waals surface area contributed by atoms with E-state index in [4.69, 9.17) is 0 Å². The number of hydrogen-bond acceptors (Lipinski definition) is 6. The van der Waals surface area contributed by atoms with E-state index in [1.165, 1.54) is 37.4 Å². The van der Waals surface area contributed by atoms with Gasteiger partial charge < -0.3 is 5.32 Å². The molecule has 2 aromatic rings. The number of hydrogen-bond donors (Lipinski definition) is 2. The molecule has 8 nitrogen and oxygen atoms in total. The fraction of sp³-hybridized carbons (Fsp3) is 0.294. The highest BCUT2D eigenvalue weighted by molar-refractivity contribution is 7.92. The standard InChI is InChI=1S/C17H18N4O4S/c1-10-7-15-14(16(23)8-10)9-18-17(20-15)21-26(24,25)13-5-3-12(4-6-13)19-11(2)22/h3-6,9-10H,7-8H2,1-2H3,(H,19,22)(H,18,20,21)/t10-/m0/s1. The van der Waals surface area contributed by atoms with Crippen LogP contribution in [0, 0.1) is 5.92 Å². The SMILES string of the molecule is CC(=O)Nc1ccc(S(=O)(=O)Nc2ncc3c(n2)C[C@H](C)CC3=O)cc1. The van der Waals surface area contributed by atoms with Crippen LogP contribution in [-0.2, 0) is 21.2 Å². The van der Waals surface area contributed by atoms with E-state index in [0.717, 1.165) is 0 Å². The van der Waals surface area contributed by atoms with Crippen molar-refractivity contribution in [2.75, 3.05) is 10.0 Å². The van der Waals surface area contributed by atoms with Gasteiger partial charge in [0, 0.05) is 25.2 Å². The van der Waals surface area contributed by atoms with Gasteiger partial charge in [-0.15, -0.1) is 0 Å². The van der Waals surface area contributed by atoms with Crippen LogP contribution < -0.4 is 10.0 Å². The molecule has 0 radical (unpaired) electrons. The summed E-state index contributed by atoms with van der Waals surface area (Å²) in [5.41, 5.74) is 1.50. The number of ketones is 1. The number of anilines is 2. The lowest BCUT2D eigenvalue weighted by molar-refractivity contribution is -0.114. The Morgan fingerprint density at radius 3 is 2.54 bits per heavy atom. The number of sulfonamides is 1. The van der Waals surface area contributed by atoms with Crippen LogP contribution in [0.15, 0.2) is 35.4 Å². The second kappa shape index (κ2) is 6.83. The van der Waals surface area contributed by atoms with Gasteiger partial charge in [0.05, 0.1) is 16.2 Å². The topological polar surface area (TPSA) is 118 Å².